The molecule has 3 nitrogen and oxygen atoms in total. The van der Waals surface area contributed by atoms with Crippen LogP contribution in [0.5, 0.6) is 5.75 Å². The molecule has 1 aromatic carbocycles. The van der Waals surface area contributed by atoms with Crippen LogP contribution in [0.4, 0.5) is 0 Å². The molecule has 0 aliphatic rings. The zero-order valence-corrected chi connectivity index (χ0v) is 9.21. The van der Waals surface area contributed by atoms with Crippen LogP contribution in [0.2, 0.25) is 0 Å². The minimum atomic E-state index is 0.800. The van der Waals surface area contributed by atoms with Crippen molar-refractivity contribution in [3.8, 4) is 17.1 Å². The van der Waals surface area contributed by atoms with E-state index in [0.717, 1.165) is 21.6 Å². The van der Waals surface area contributed by atoms with Crippen LogP contribution in [0.15, 0.2) is 35.1 Å². The minimum Gasteiger partial charge on any atom is -0.496 e. The van der Waals surface area contributed by atoms with Crippen molar-refractivity contribution in [2.24, 2.45) is 0 Å². The van der Waals surface area contributed by atoms with E-state index in [4.69, 9.17) is 4.74 Å². The normalized spacial score (nSPS) is 10.1. The maximum absolute atomic E-state index is 5.26. The smallest absolute Gasteiger partial charge is 0.141 e. The molecule has 72 valence electrons. The number of aromatic amines is 1. The van der Waals surface area contributed by atoms with E-state index in [0.29, 0.717) is 0 Å². The van der Waals surface area contributed by atoms with Crippen LogP contribution in [0, 0.1) is 0 Å². The molecular weight excluding hydrogens is 244 g/mol. The van der Waals surface area contributed by atoms with Crippen molar-refractivity contribution < 1.29 is 4.74 Å². The number of nitrogens with one attached hydrogen (secondary N) is 1. The van der Waals surface area contributed by atoms with Gasteiger partial charge in [-0.15, -0.1) is 0 Å². The fourth-order valence-corrected chi connectivity index (χ4v) is 1.61. The Hall–Kier alpha value is -1.29. The number of aromatic nitrogens is 2. The minimum absolute atomic E-state index is 0.800. The zero-order chi connectivity index (χ0) is 9.97. The van der Waals surface area contributed by atoms with Gasteiger partial charge in [-0.25, -0.2) is 4.98 Å². The van der Waals surface area contributed by atoms with Crippen LogP contribution in [-0.2, 0) is 0 Å². The Bertz CT molecular complexity index is 426. The summed E-state index contributed by atoms with van der Waals surface area (Å²) in [6.07, 6.45) is 3.51. The molecule has 1 heterocycles. The Labute approximate surface area is 90.3 Å². The second-order valence-electron chi connectivity index (χ2n) is 2.78. The monoisotopic (exact) mass is 252 g/mol. The lowest BCUT2D eigenvalue weighted by Gasteiger charge is -2.06. The molecule has 0 amide bonds. The van der Waals surface area contributed by atoms with E-state index >= 15 is 0 Å². The molecule has 0 atom stereocenters. The second-order valence-corrected chi connectivity index (χ2v) is 3.70. The fourth-order valence-electron chi connectivity index (χ4n) is 1.27. The summed E-state index contributed by atoms with van der Waals surface area (Å²) in [5.74, 6) is 1.61. The van der Waals surface area contributed by atoms with Gasteiger partial charge in [0.15, 0.2) is 0 Å². The van der Waals surface area contributed by atoms with Gasteiger partial charge in [0, 0.05) is 16.9 Å². The van der Waals surface area contributed by atoms with Crippen LogP contribution in [0.1, 0.15) is 0 Å². The van der Waals surface area contributed by atoms with Crippen molar-refractivity contribution in [2.45, 2.75) is 0 Å². The fraction of sp³-hybridized carbons (Fsp3) is 0.100. The van der Waals surface area contributed by atoms with Crippen molar-refractivity contribution in [3.63, 3.8) is 0 Å². The van der Waals surface area contributed by atoms with E-state index in [1.165, 1.54) is 0 Å². The lowest BCUT2D eigenvalue weighted by Crippen LogP contribution is -1.89. The quantitative estimate of drug-likeness (QED) is 0.893. The van der Waals surface area contributed by atoms with Crippen molar-refractivity contribution in [1.82, 2.24) is 9.97 Å². The SMILES string of the molecule is COc1cc(Br)ccc1-c1ncc[nH]1. The van der Waals surface area contributed by atoms with Crippen molar-refractivity contribution in [3.05, 3.63) is 35.1 Å². The average Bonchev–Trinajstić information content (AvgIpc) is 2.70. The highest BCUT2D eigenvalue weighted by atomic mass is 79.9. The van der Waals surface area contributed by atoms with Gasteiger partial charge in [0.2, 0.25) is 0 Å². The summed E-state index contributed by atoms with van der Waals surface area (Å²) in [4.78, 5) is 7.22. The van der Waals surface area contributed by atoms with Crippen molar-refractivity contribution >= 4 is 15.9 Å². The summed E-state index contributed by atoms with van der Waals surface area (Å²) in [6, 6.07) is 5.83. The molecular formula is C10H9BrN2O. The molecule has 0 radical (unpaired) electrons. The summed E-state index contributed by atoms with van der Waals surface area (Å²) >= 11 is 3.39. The Morgan fingerprint density at radius 3 is 2.93 bits per heavy atom. The highest BCUT2D eigenvalue weighted by Gasteiger charge is 2.07. The predicted molar refractivity (Wildman–Crippen MR) is 58.3 cm³/mol. The van der Waals surface area contributed by atoms with E-state index in [2.05, 4.69) is 25.9 Å². The highest BCUT2D eigenvalue weighted by molar-refractivity contribution is 9.10. The standard InChI is InChI=1S/C10H9BrN2O/c1-14-9-6-7(11)2-3-8(9)10-12-4-5-13-10/h2-6H,1H3,(H,12,13). The van der Waals surface area contributed by atoms with Gasteiger partial charge >= 0.3 is 0 Å². The molecule has 4 heteroatoms. The molecule has 2 rings (SSSR count). The maximum Gasteiger partial charge on any atom is 0.141 e. The predicted octanol–water partition coefficient (Wildman–Crippen LogP) is 2.85. The third kappa shape index (κ3) is 1.65. The van der Waals surface area contributed by atoms with Crippen LogP contribution in [-0.4, -0.2) is 17.1 Å². The molecule has 0 saturated heterocycles. The van der Waals surface area contributed by atoms with Gasteiger partial charge in [0.1, 0.15) is 11.6 Å². The zero-order valence-electron chi connectivity index (χ0n) is 7.62. The Kier molecular flexibility index (Phi) is 2.54. The number of H-pyrrole nitrogens is 1. The number of ether oxygens (including phenoxy) is 1. The van der Waals surface area contributed by atoms with E-state index in [-0.39, 0.29) is 0 Å². The summed E-state index contributed by atoms with van der Waals surface area (Å²) in [6.45, 7) is 0. The first kappa shape index (κ1) is 9.27. The Morgan fingerprint density at radius 2 is 2.29 bits per heavy atom. The lowest BCUT2D eigenvalue weighted by atomic mass is 10.2. The molecule has 0 fully saturated rings. The maximum atomic E-state index is 5.26. The summed E-state index contributed by atoms with van der Waals surface area (Å²) < 4.78 is 6.25. The second kappa shape index (κ2) is 3.84. The largest absolute Gasteiger partial charge is 0.496 e. The van der Waals surface area contributed by atoms with Gasteiger partial charge in [-0.3, -0.25) is 0 Å². The molecule has 0 spiro atoms. The number of benzene rings is 1. The lowest BCUT2D eigenvalue weighted by molar-refractivity contribution is 0.416. The number of nitrogens with zero attached hydrogens (tertiary/aromatic N) is 1. The number of hydrogen-bond donors (Lipinski definition) is 1. The first-order chi connectivity index (χ1) is 6.81. The summed E-state index contributed by atoms with van der Waals surface area (Å²) in [5.41, 5.74) is 0.959. The van der Waals surface area contributed by atoms with E-state index in [9.17, 15) is 0 Å². The summed E-state index contributed by atoms with van der Waals surface area (Å²) in [5, 5.41) is 0. The average molecular weight is 253 g/mol. The van der Waals surface area contributed by atoms with Gasteiger partial charge in [0.25, 0.3) is 0 Å². The summed E-state index contributed by atoms with van der Waals surface area (Å²) in [7, 11) is 1.65. The first-order valence-electron chi connectivity index (χ1n) is 4.14. The van der Waals surface area contributed by atoms with E-state index < -0.39 is 0 Å². The molecule has 0 aliphatic carbocycles. The molecule has 0 unspecified atom stereocenters. The van der Waals surface area contributed by atoms with Crippen LogP contribution >= 0.6 is 15.9 Å². The van der Waals surface area contributed by atoms with Gasteiger partial charge in [0.05, 0.1) is 12.7 Å². The Morgan fingerprint density at radius 1 is 1.43 bits per heavy atom. The van der Waals surface area contributed by atoms with Crippen molar-refractivity contribution in [2.75, 3.05) is 7.11 Å². The van der Waals surface area contributed by atoms with Crippen LogP contribution in [0.3, 0.4) is 0 Å². The number of rotatable bonds is 2. The third-order valence-corrected chi connectivity index (χ3v) is 2.41. The third-order valence-electron chi connectivity index (χ3n) is 1.92. The first-order valence-corrected chi connectivity index (χ1v) is 4.94. The van der Waals surface area contributed by atoms with E-state index in [1.807, 2.05) is 18.2 Å². The molecule has 0 aliphatic heterocycles. The number of hydrogen-bond acceptors (Lipinski definition) is 2. The van der Waals surface area contributed by atoms with E-state index in [1.54, 1.807) is 19.5 Å². The number of methoxy groups -OCH3 is 1. The van der Waals surface area contributed by atoms with Gasteiger partial charge in [-0.05, 0) is 18.2 Å². The molecule has 1 N–H and O–H groups in total. The highest BCUT2D eigenvalue weighted by Crippen LogP contribution is 2.29. The van der Waals surface area contributed by atoms with Gasteiger partial charge < -0.3 is 9.72 Å². The number of halogens is 1. The van der Waals surface area contributed by atoms with Gasteiger partial charge in [-0.2, -0.15) is 0 Å². The molecule has 2 aromatic rings. The molecule has 0 bridgehead atoms. The number of imidazole rings is 1. The molecule has 1 aromatic heterocycles. The van der Waals surface area contributed by atoms with Gasteiger partial charge in [-0.1, -0.05) is 15.9 Å². The molecule has 14 heavy (non-hydrogen) atoms. The molecule has 0 saturated carbocycles. The van der Waals surface area contributed by atoms with Crippen LogP contribution < -0.4 is 4.74 Å². The topological polar surface area (TPSA) is 37.9 Å². The van der Waals surface area contributed by atoms with Crippen molar-refractivity contribution in [1.29, 1.82) is 0 Å². The van der Waals surface area contributed by atoms with Crippen LogP contribution in [0.25, 0.3) is 11.4 Å². The Balaban J connectivity index is 2.53.